The van der Waals surface area contributed by atoms with E-state index in [0.29, 0.717) is 15.9 Å². The second kappa shape index (κ2) is 6.67. The Morgan fingerprint density at radius 3 is 3.00 bits per heavy atom. The van der Waals surface area contributed by atoms with Gasteiger partial charge in [-0.3, -0.25) is 0 Å². The molecule has 0 amide bonds. The van der Waals surface area contributed by atoms with E-state index in [-0.39, 0.29) is 0 Å². The standard InChI is InChI=1S/C10H12ClN3S/c1-12-6-4-3-5-8-7-13-10(15-2)14-9(8)11/h7,12H,4,6H2,1-2H3. The average molecular weight is 242 g/mol. The van der Waals surface area contributed by atoms with Crippen molar-refractivity contribution in [2.45, 2.75) is 11.6 Å². The molecule has 1 heterocycles. The van der Waals surface area contributed by atoms with Gasteiger partial charge in [0.15, 0.2) is 5.16 Å². The topological polar surface area (TPSA) is 37.8 Å². The summed E-state index contributed by atoms with van der Waals surface area (Å²) in [6, 6.07) is 0. The van der Waals surface area contributed by atoms with E-state index in [4.69, 9.17) is 11.6 Å². The molecule has 0 spiro atoms. The van der Waals surface area contributed by atoms with Gasteiger partial charge in [0.2, 0.25) is 0 Å². The van der Waals surface area contributed by atoms with Gasteiger partial charge in [0.25, 0.3) is 0 Å². The van der Waals surface area contributed by atoms with E-state index in [1.807, 2.05) is 13.3 Å². The molecule has 0 aliphatic rings. The molecule has 0 fully saturated rings. The van der Waals surface area contributed by atoms with Gasteiger partial charge >= 0.3 is 0 Å². The number of hydrogen-bond donors (Lipinski definition) is 1. The van der Waals surface area contributed by atoms with E-state index in [2.05, 4.69) is 27.1 Å². The molecule has 0 saturated carbocycles. The van der Waals surface area contributed by atoms with Gasteiger partial charge in [0.05, 0.1) is 5.56 Å². The Morgan fingerprint density at radius 1 is 1.60 bits per heavy atom. The summed E-state index contributed by atoms with van der Waals surface area (Å²) >= 11 is 7.40. The van der Waals surface area contributed by atoms with Gasteiger partial charge in [-0.1, -0.05) is 35.2 Å². The van der Waals surface area contributed by atoms with Gasteiger partial charge in [-0.2, -0.15) is 0 Å². The average Bonchev–Trinajstić information content (AvgIpc) is 2.26. The summed E-state index contributed by atoms with van der Waals surface area (Å²) in [7, 11) is 1.89. The Kier molecular flexibility index (Phi) is 5.48. The summed E-state index contributed by atoms with van der Waals surface area (Å²) in [5.74, 6) is 5.94. The maximum atomic E-state index is 5.94. The highest BCUT2D eigenvalue weighted by Crippen LogP contribution is 2.15. The van der Waals surface area contributed by atoms with Crippen molar-refractivity contribution in [1.29, 1.82) is 0 Å². The van der Waals surface area contributed by atoms with Crippen LogP contribution in [0, 0.1) is 11.8 Å². The van der Waals surface area contributed by atoms with Crippen LogP contribution < -0.4 is 5.32 Å². The molecule has 1 rings (SSSR count). The van der Waals surface area contributed by atoms with Crippen LogP contribution in [0.2, 0.25) is 5.15 Å². The van der Waals surface area contributed by atoms with E-state index in [0.717, 1.165) is 13.0 Å². The minimum absolute atomic E-state index is 0.423. The fourth-order valence-corrected chi connectivity index (χ4v) is 1.44. The Labute approximate surface area is 99.0 Å². The normalized spacial score (nSPS) is 9.53. The number of aromatic nitrogens is 2. The lowest BCUT2D eigenvalue weighted by Gasteiger charge is -1.97. The van der Waals surface area contributed by atoms with Gasteiger partial charge < -0.3 is 5.32 Å². The number of halogens is 1. The summed E-state index contributed by atoms with van der Waals surface area (Å²) in [6.07, 6.45) is 4.36. The summed E-state index contributed by atoms with van der Waals surface area (Å²) in [6.45, 7) is 0.869. The van der Waals surface area contributed by atoms with Crippen molar-refractivity contribution in [1.82, 2.24) is 15.3 Å². The third-order valence-corrected chi connectivity index (χ3v) is 2.48. The van der Waals surface area contributed by atoms with Crippen LogP contribution in [0.15, 0.2) is 11.4 Å². The van der Waals surface area contributed by atoms with Crippen LogP contribution in [0.3, 0.4) is 0 Å². The van der Waals surface area contributed by atoms with Gasteiger partial charge in [0, 0.05) is 19.2 Å². The molecular formula is C10H12ClN3S. The van der Waals surface area contributed by atoms with Gasteiger partial charge in [-0.15, -0.1) is 0 Å². The lowest BCUT2D eigenvalue weighted by molar-refractivity contribution is 0.818. The highest BCUT2D eigenvalue weighted by molar-refractivity contribution is 7.98. The molecule has 1 aromatic rings. The molecule has 0 saturated heterocycles. The second-order valence-electron chi connectivity index (χ2n) is 2.72. The molecule has 0 aliphatic carbocycles. The van der Waals surface area contributed by atoms with Crippen LogP contribution in [-0.4, -0.2) is 29.8 Å². The third kappa shape index (κ3) is 4.08. The minimum atomic E-state index is 0.423. The first-order chi connectivity index (χ1) is 7.27. The van der Waals surface area contributed by atoms with Crippen LogP contribution in [0.4, 0.5) is 0 Å². The maximum Gasteiger partial charge on any atom is 0.188 e. The molecule has 0 aliphatic heterocycles. The molecule has 3 nitrogen and oxygen atoms in total. The first-order valence-electron chi connectivity index (χ1n) is 4.48. The molecule has 80 valence electrons. The summed E-state index contributed by atoms with van der Waals surface area (Å²) < 4.78 is 0. The Balaban J connectivity index is 2.72. The Morgan fingerprint density at radius 2 is 2.40 bits per heavy atom. The zero-order chi connectivity index (χ0) is 11.1. The van der Waals surface area contributed by atoms with E-state index < -0.39 is 0 Å². The van der Waals surface area contributed by atoms with Crippen LogP contribution in [0.5, 0.6) is 0 Å². The van der Waals surface area contributed by atoms with Crippen LogP contribution in [0.25, 0.3) is 0 Å². The lowest BCUT2D eigenvalue weighted by Crippen LogP contribution is -2.05. The lowest BCUT2D eigenvalue weighted by atomic mass is 10.3. The largest absolute Gasteiger partial charge is 0.319 e. The minimum Gasteiger partial charge on any atom is -0.319 e. The zero-order valence-corrected chi connectivity index (χ0v) is 10.2. The second-order valence-corrected chi connectivity index (χ2v) is 3.85. The smallest absolute Gasteiger partial charge is 0.188 e. The SMILES string of the molecule is CNCCC#Cc1cnc(SC)nc1Cl. The highest BCUT2D eigenvalue weighted by atomic mass is 35.5. The Bertz CT molecular complexity index is 384. The van der Waals surface area contributed by atoms with Gasteiger partial charge in [-0.05, 0) is 13.3 Å². The molecule has 0 aromatic carbocycles. The van der Waals surface area contributed by atoms with Crippen LogP contribution in [-0.2, 0) is 0 Å². The van der Waals surface area contributed by atoms with E-state index in [1.54, 1.807) is 6.20 Å². The zero-order valence-electron chi connectivity index (χ0n) is 8.67. The molecule has 0 radical (unpaired) electrons. The van der Waals surface area contributed by atoms with Gasteiger partial charge in [-0.25, -0.2) is 9.97 Å². The van der Waals surface area contributed by atoms with Crippen molar-refractivity contribution < 1.29 is 0 Å². The monoisotopic (exact) mass is 241 g/mol. The molecule has 15 heavy (non-hydrogen) atoms. The number of nitrogens with one attached hydrogen (secondary N) is 1. The molecule has 0 atom stereocenters. The third-order valence-electron chi connectivity index (χ3n) is 1.63. The molecule has 0 unspecified atom stereocenters. The molecule has 1 N–H and O–H groups in total. The van der Waals surface area contributed by atoms with Crippen molar-refractivity contribution in [3.05, 3.63) is 16.9 Å². The highest BCUT2D eigenvalue weighted by Gasteiger charge is 2.00. The van der Waals surface area contributed by atoms with Crippen molar-refractivity contribution in [3.63, 3.8) is 0 Å². The maximum absolute atomic E-state index is 5.94. The van der Waals surface area contributed by atoms with Crippen LogP contribution >= 0.6 is 23.4 Å². The first-order valence-corrected chi connectivity index (χ1v) is 6.08. The fourth-order valence-electron chi connectivity index (χ4n) is 0.874. The number of rotatable bonds is 3. The van der Waals surface area contributed by atoms with Gasteiger partial charge in [0.1, 0.15) is 5.15 Å². The Hall–Kier alpha value is -0.760. The predicted octanol–water partition coefficient (Wildman–Crippen LogP) is 1.81. The number of thioether (sulfide) groups is 1. The number of hydrogen-bond acceptors (Lipinski definition) is 4. The molecule has 0 bridgehead atoms. The van der Waals surface area contributed by atoms with E-state index in [9.17, 15) is 0 Å². The quantitative estimate of drug-likeness (QED) is 0.288. The molecule has 5 heteroatoms. The summed E-state index contributed by atoms with van der Waals surface area (Å²) in [5.41, 5.74) is 0.686. The molecular weight excluding hydrogens is 230 g/mol. The summed E-state index contributed by atoms with van der Waals surface area (Å²) in [5, 5.41) is 4.11. The van der Waals surface area contributed by atoms with E-state index >= 15 is 0 Å². The van der Waals surface area contributed by atoms with Crippen LogP contribution in [0.1, 0.15) is 12.0 Å². The summed E-state index contributed by atoms with van der Waals surface area (Å²) in [4.78, 5) is 8.20. The van der Waals surface area contributed by atoms with Crippen molar-refractivity contribution in [3.8, 4) is 11.8 Å². The van der Waals surface area contributed by atoms with Crippen molar-refractivity contribution >= 4 is 23.4 Å². The fraction of sp³-hybridized carbons (Fsp3) is 0.400. The predicted molar refractivity (Wildman–Crippen MR) is 64.2 cm³/mol. The number of nitrogens with zero attached hydrogens (tertiary/aromatic N) is 2. The van der Waals surface area contributed by atoms with Crippen molar-refractivity contribution in [2.24, 2.45) is 0 Å². The molecule has 1 aromatic heterocycles. The van der Waals surface area contributed by atoms with Crippen molar-refractivity contribution in [2.75, 3.05) is 19.8 Å². The first kappa shape index (κ1) is 12.3. The van der Waals surface area contributed by atoms with E-state index in [1.165, 1.54) is 11.8 Å².